The second-order valence-corrected chi connectivity index (χ2v) is 5.06. The number of nitrogens with one attached hydrogen (secondary N) is 1. The highest BCUT2D eigenvalue weighted by Gasteiger charge is 2.09. The van der Waals surface area contributed by atoms with Crippen LogP contribution in [0.25, 0.3) is 0 Å². The van der Waals surface area contributed by atoms with Crippen LogP contribution in [-0.4, -0.2) is 22.8 Å². The number of thioether (sulfide) groups is 1. The maximum absolute atomic E-state index is 4.52. The first-order valence-corrected chi connectivity index (χ1v) is 6.98. The van der Waals surface area contributed by atoms with Crippen molar-refractivity contribution in [3.05, 3.63) is 16.0 Å². The number of nitrogens with zero attached hydrogens (tertiary/aromatic N) is 2. The normalized spacial score (nSPS) is 10.4. The molecule has 0 spiro atoms. The van der Waals surface area contributed by atoms with Crippen LogP contribution in [0.15, 0.2) is 4.47 Å². The van der Waals surface area contributed by atoms with Gasteiger partial charge in [-0.05, 0) is 28.1 Å². The second kappa shape index (κ2) is 6.33. The van der Waals surface area contributed by atoms with E-state index in [-0.39, 0.29) is 0 Å². The zero-order valence-electron chi connectivity index (χ0n) is 9.30. The lowest BCUT2D eigenvalue weighted by molar-refractivity contribution is 0.930. The minimum Gasteiger partial charge on any atom is -0.372 e. The van der Waals surface area contributed by atoms with E-state index in [9.17, 15) is 0 Å². The van der Waals surface area contributed by atoms with Gasteiger partial charge in [-0.3, -0.25) is 0 Å². The molecule has 1 aromatic rings. The largest absolute Gasteiger partial charge is 0.372 e. The Balaban J connectivity index is 2.98. The smallest absolute Gasteiger partial charge is 0.144 e. The number of hydrogen-bond acceptors (Lipinski definition) is 4. The molecular formula is C10H16BrN3S. The van der Waals surface area contributed by atoms with Crippen LogP contribution in [-0.2, 0) is 12.2 Å². The molecule has 0 saturated heterocycles. The number of rotatable bonds is 5. The standard InChI is InChI=1S/C10H16BrN3S/c1-4-7-9(11)10(12-3)14-8(13-7)6-15-5-2/h4-6H2,1-3H3,(H,12,13,14). The van der Waals surface area contributed by atoms with Crippen molar-refractivity contribution in [2.45, 2.75) is 26.0 Å². The van der Waals surface area contributed by atoms with Gasteiger partial charge in [0.1, 0.15) is 11.6 Å². The second-order valence-electron chi connectivity index (χ2n) is 2.99. The molecule has 0 unspecified atom stereocenters. The number of aromatic nitrogens is 2. The van der Waals surface area contributed by atoms with E-state index in [1.54, 1.807) is 0 Å². The summed E-state index contributed by atoms with van der Waals surface area (Å²) in [5, 5.41) is 3.08. The van der Waals surface area contributed by atoms with E-state index in [0.717, 1.165) is 39.7 Å². The van der Waals surface area contributed by atoms with Gasteiger partial charge in [0.2, 0.25) is 0 Å². The summed E-state index contributed by atoms with van der Waals surface area (Å²) in [5.74, 6) is 3.76. The van der Waals surface area contributed by atoms with Crippen molar-refractivity contribution in [2.75, 3.05) is 18.1 Å². The van der Waals surface area contributed by atoms with Crippen molar-refractivity contribution < 1.29 is 0 Å². The van der Waals surface area contributed by atoms with Gasteiger partial charge < -0.3 is 5.32 Å². The predicted octanol–water partition coefficient (Wildman–Crippen LogP) is 3.10. The van der Waals surface area contributed by atoms with Gasteiger partial charge in [0.05, 0.1) is 15.9 Å². The lowest BCUT2D eigenvalue weighted by Crippen LogP contribution is -2.04. The molecule has 1 heterocycles. The molecule has 0 atom stereocenters. The van der Waals surface area contributed by atoms with Crippen LogP contribution >= 0.6 is 27.7 Å². The van der Waals surface area contributed by atoms with Gasteiger partial charge in [-0.15, -0.1) is 0 Å². The molecule has 84 valence electrons. The molecular weight excluding hydrogens is 274 g/mol. The van der Waals surface area contributed by atoms with E-state index in [0.29, 0.717) is 0 Å². The van der Waals surface area contributed by atoms with Gasteiger partial charge in [0.15, 0.2) is 0 Å². The average Bonchev–Trinajstić information content (AvgIpc) is 2.27. The van der Waals surface area contributed by atoms with Crippen LogP contribution in [0.5, 0.6) is 0 Å². The first kappa shape index (κ1) is 12.8. The van der Waals surface area contributed by atoms with Crippen LogP contribution in [0.3, 0.4) is 0 Å². The summed E-state index contributed by atoms with van der Waals surface area (Å²) in [4.78, 5) is 8.97. The van der Waals surface area contributed by atoms with Crippen molar-refractivity contribution in [2.24, 2.45) is 0 Å². The lowest BCUT2D eigenvalue weighted by Gasteiger charge is -2.09. The Morgan fingerprint density at radius 3 is 2.60 bits per heavy atom. The molecule has 1 N–H and O–H groups in total. The molecule has 0 aliphatic carbocycles. The Hall–Kier alpha value is -0.290. The molecule has 1 rings (SSSR count). The van der Waals surface area contributed by atoms with Gasteiger partial charge in [-0.2, -0.15) is 11.8 Å². The van der Waals surface area contributed by atoms with Crippen LogP contribution in [0.2, 0.25) is 0 Å². The molecule has 0 aromatic carbocycles. The Bertz CT molecular complexity index is 305. The summed E-state index contributed by atoms with van der Waals surface area (Å²) in [6.07, 6.45) is 0.918. The lowest BCUT2D eigenvalue weighted by atomic mass is 10.3. The third-order valence-electron chi connectivity index (χ3n) is 1.97. The van der Waals surface area contributed by atoms with Crippen LogP contribution in [0.1, 0.15) is 25.4 Å². The van der Waals surface area contributed by atoms with Crippen LogP contribution < -0.4 is 5.32 Å². The average molecular weight is 290 g/mol. The molecule has 0 aliphatic rings. The van der Waals surface area contributed by atoms with Gasteiger partial charge in [0.25, 0.3) is 0 Å². The van der Waals surface area contributed by atoms with E-state index in [4.69, 9.17) is 0 Å². The van der Waals surface area contributed by atoms with Crippen molar-refractivity contribution >= 4 is 33.5 Å². The van der Waals surface area contributed by atoms with E-state index in [1.165, 1.54) is 0 Å². The van der Waals surface area contributed by atoms with Gasteiger partial charge >= 0.3 is 0 Å². The predicted molar refractivity (Wildman–Crippen MR) is 70.5 cm³/mol. The van der Waals surface area contributed by atoms with E-state index in [1.807, 2.05) is 18.8 Å². The molecule has 0 fully saturated rings. The zero-order chi connectivity index (χ0) is 11.3. The summed E-state index contributed by atoms with van der Waals surface area (Å²) >= 11 is 5.35. The van der Waals surface area contributed by atoms with Crippen molar-refractivity contribution in [3.8, 4) is 0 Å². The maximum Gasteiger partial charge on any atom is 0.144 e. The molecule has 0 amide bonds. The fourth-order valence-electron chi connectivity index (χ4n) is 1.20. The van der Waals surface area contributed by atoms with Crippen molar-refractivity contribution in [3.63, 3.8) is 0 Å². The summed E-state index contributed by atoms with van der Waals surface area (Å²) in [6, 6.07) is 0. The van der Waals surface area contributed by atoms with Crippen LogP contribution in [0.4, 0.5) is 5.82 Å². The quantitative estimate of drug-likeness (QED) is 0.904. The third kappa shape index (κ3) is 3.34. The number of aryl methyl sites for hydroxylation is 1. The Morgan fingerprint density at radius 1 is 1.33 bits per heavy atom. The zero-order valence-corrected chi connectivity index (χ0v) is 11.7. The van der Waals surface area contributed by atoms with Crippen LogP contribution in [0, 0.1) is 0 Å². The molecule has 0 aliphatic heterocycles. The third-order valence-corrected chi connectivity index (χ3v) is 3.68. The van der Waals surface area contributed by atoms with E-state index < -0.39 is 0 Å². The van der Waals surface area contributed by atoms with Gasteiger partial charge in [-0.25, -0.2) is 9.97 Å². The van der Waals surface area contributed by atoms with Crippen molar-refractivity contribution in [1.29, 1.82) is 0 Å². The molecule has 0 radical (unpaired) electrons. The molecule has 0 saturated carbocycles. The topological polar surface area (TPSA) is 37.8 Å². The summed E-state index contributed by atoms with van der Waals surface area (Å²) in [7, 11) is 1.88. The fourth-order valence-corrected chi connectivity index (χ4v) is 2.37. The SMILES string of the molecule is CCSCc1nc(CC)c(Br)c(NC)n1. The number of anilines is 1. The number of halogens is 1. The maximum atomic E-state index is 4.52. The van der Waals surface area contributed by atoms with Crippen molar-refractivity contribution in [1.82, 2.24) is 9.97 Å². The summed E-state index contributed by atoms with van der Waals surface area (Å²) in [6.45, 7) is 4.24. The first-order chi connectivity index (χ1) is 7.22. The van der Waals surface area contributed by atoms with Gasteiger partial charge in [0, 0.05) is 7.05 Å². The summed E-state index contributed by atoms with van der Waals surface area (Å²) in [5.41, 5.74) is 1.07. The summed E-state index contributed by atoms with van der Waals surface area (Å²) < 4.78 is 0.984. The Morgan fingerprint density at radius 2 is 2.07 bits per heavy atom. The minimum atomic E-state index is 0.880. The highest BCUT2D eigenvalue weighted by molar-refractivity contribution is 9.10. The van der Waals surface area contributed by atoms with Gasteiger partial charge in [-0.1, -0.05) is 13.8 Å². The Kier molecular flexibility index (Phi) is 5.39. The minimum absolute atomic E-state index is 0.880. The molecule has 1 aromatic heterocycles. The Labute approximate surface area is 104 Å². The molecule has 15 heavy (non-hydrogen) atoms. The monoisotopic (exact) mass is 289 g/mol. The number of hydrogen-bond donors (Lipinski definition) is 1. The highest BCUT2D eigenvalue weighted by Crippen LogP contribution is 2.24. The van der Waals surface area contributed by atoms with E-state index in [2.05, 4.69) is 45.1 Å². The molecule has 0 bridgehead atoms. The molecule has 5 heteroatoms. The first-order valence-electron chi connectivity index (χ1n) is 5.03. The van der Waals surface area contributed by atoms with E-state index >= 15 is 0 Å². The highest BCUT2D eigenvalue weighted by atomic mass is 79.9. The molecule has 3 nitrogen and oxygen atoms in total. The fraction of sp³-hybridized carbons (Fsp3) is 0.600.